The average Bonchev–Trinajstić information content (AvgIpc) is 3.18. The summed E-state index contributed by atoms with van der Waals surface area (Å²) in [4.78, 5) is 12.3. The predicted octanol–water partition coefficient (Wildman–Crippen LogP) is 3.33. The summed E-state index contributed by atoms with van der Waals surface area (Å²) in [6.45, 7) is 8.08. The third-order valence-electron chi connectivity index (χ3n) is 4.81. The Hall–Kier alpha value is -1.24. The Balaban J connectivity index is 1.49. The van der Waals surface area contributed by atoms with E-state index in [-0.39, 0.29) is 11.6 Å². The van der Waals surface area contributed by atoms with Gasteiger partial charge in [0, 0.05) is 36.4 Å². The fourth-order valence-electron chi connectivity index (χ4n) is 3.73. The molecule has 1 aromatic rings. The smallest absolute Gasteiger partial charge is 0.311 e. The molecule has 25 heavy (non-hydrogen) atoms. The summed E-state index contributed by atoms with van der Waals surface area (Å²) in [5.74, 6) is 0. The van der Waals surface area contributed by atoms with Crippen LogP contribution in [0.3, 0.4) is 0 Å². The highest BCUT2D eigenvalue weighted by Gasteiger charge is 2.24. The van der Waals surface area contributed by atoms with E-state index in [1.54, 1.807) is 0 Å². The number of hydrogen-bond donors (Lipinski definition) is 4. The molecule has 3 rings (SSSR count). The zero-order valence-corrected chi connectivity index (χ0v) is 16.4. The van der Waals surface area contributed by atoms with Gasteiger partial charge in [-0.05, 0) is 81.5 Å². The van der Waals surface area contributed by atoms with Gasteiger partial charge in [0.25, 0.3) is 0 Å². The number of amides is 2. The Kier molecular flexibility index (Phi) is 5.92. The van der Waals surface area contributed by atoms with Crippen molar-refractivity contribution in [3.63, 3.8) is 0 Å². The molecule has 0 saturated carbocycles. The van der Waals surface area contributed by atoms with E-state index in [0.29, 0.717) is 0 Å². The lowest BCUT2D eigenvalue weighted by atomic mass is 9.99. The first-order valence-electron chi connectivity index (χ1n) is 9.31. The number of fused-ring (bicyclic) bond motifs is 2. The highest BCUT2D eigenvalue weighted by atomic mass is 32.2. The summed E-state index contributed by atoms with van der Waals surface area (Å²) in [5.41, 5.74) is 6.82. The van der Waals surface area contributed by atoms with E-state index in [9.17, 15) is 4.79 Å². The van der Waals surface area contributed by atoms with Crippen LogP contribution < -0.4 is 20.1 Å². The van der Waals surface area contributed by atoms with Crippen LogP contribution >= 0.6 is 12.1 Å². The van der Waals surface area contributed by atoms with Crippen LogP contribution in [-0.4, -0.2) is 24.7 Å². The molecule has 0 aliphatic heterocycles. The van der Waals surface area contributed by atoms with E-state index in [1.165, 1.54) is 47.2 Å². The Morgan fingerprint density at radius 3 is 2.28 bits per heavy atom. The minimum Gasteiger partial charge on any atom is -0.311 e. The highest BCUT2D eigenvalue weighted by molar-refractivity contribution is 7.96. The van der Waals surface area contributed by atoms with Gasteiger partial charge in [-0.25, -0.2) is 9.52 Å². The fourth-order valence-corrected chi connectivity index (χ4v) is 4.15. The van der Waals surface area contributed by atoms with E-state index in [0.717, 1.165) is 44.5 Å². The van der Waals surface area contributed by atoms with Crippen molar-refractivity contribution in [1.82, 2.24) is 14.8 Å². The van der Waals surface area contributed by atoms with Crippen LogP contribution in [0.15, 0.2) is 6.07 Å². The van der Waals surface area contributed by atoms with Gasteiger partial charge in [-0.1, -0.05) is 6.07 Å². The second-order valence-corrected chi connectivity index (χ2v) is 8.66. The van der Waals surface area contributed by atoms with Gasteiger partial charge in [0.15, 0.2) is 0 Å². The summed E-state index contributed by atoms with van der Waals surface area (Å²) < 4.78 is 6.00. The first-order chi connectivity index (χ1) is 11.9. The minimum absolute atomic E-state index is 0.116. The lowest BCUT2D eigenvalue weighted by Crippen LogP contribution is -2.39. The molecule has 0 bridgehead atoms. The minimum atomic E-state index is -0.143. The Morgan fingerprint density at radius 1 is 1.04 bits per heavy atom. The fraction of sp³-hybridized carbons (Fsp3) is 0.632. The van der Waals surface area contributed by atoms with Crippen molar-refractivity contribution in [3.05, 3.63) is 28.3 Å². The number of nitrogens with one attached hydrogen (secondary N) is 4. The van der Waals surface area contributed by atoms with Crippen molar-refractivity contribution in [1.29, 1.82) is 0 Å². The van der Waals surface area contributed by atoms with E-state index in [2.05, 4.69) is 46.9 Å². The molecule has 0 spiro atoms. The van der Waals surface area contributed by atoms with Crippen molar-refractivity contribution in [3.8, 4) is 0 Å². The van der Waals surface area contributed by atoms with Gasteiger partial charge >= 0.3 is 6.03 Å². The van der Waals surface area contributed by atoms with Gasteiger partial charge in [0.2, 0.25) is 0 Å². The van der Waals surface area contributed by atoms with Gasteiger partial charge in [-0.2, -0.15) is 0 Å². The standard InChI is InChI=1S/C19H30N4OS/c1-19(2,3)20-10-11-21-25-23-18(24)22-17-15-8-4-6-13(15)12-14-7-5-9-16(14)17/h12,20-21H,4-11H2,1-3H3,(H2,22,23,24). The molecule has 0 unspecified atom stereocenters. The quantitative estimate of drug-likeness (QED) is 0.463. The number of aryl methyl sites for hydroxylation is 2. The van der Waals surface area contributed by atoms with Crippen LogP contribution in [0.25, 0.3) is 0 Å². The number of urea groups is 1. The Labute approximate surface area is 155 Å². The molecular weight excluding hydrogens is 332 g/mol. The number of benzene rings is 1. The summed E-state index contributed by atoms with van der Waals surface area (Å²) in [7, 11) is 0. The molecule has 0 atom stereocenters. The zero-order chi connectivity index (χ0) is 17.9. The largest absolute Gasteiger partial charge is 0.330 e. The van der Waals surface area contributed by atoms with E-state index >= 15 is 0 Å². The normalized spacial score (nSPS) is 15.8. The second-order valence-electron chi connectivity index (χ2n) is 7.96. The molecule has 0 saturated heterocycles. The molecule has 2 amide bonds. The Morgan fingerprint density at radius 2 is 1.68 bits per heavy atom. The first-order valence-corrected chi connectivity index (χ1v) is 10.1. The van der Waals surface area contributed by atoms with E-state index < -0.39 is 0 Å². The molecule has 2 aliphatic carbocycles. The van der Waals surface area contributed by atoms with Crippen molar-refractivity contribution in [2.45, 2.75) is 64.8 Å². The highest BCUT2D eigenvalue weighted by Crippen LogP contribution is 2.38. The lowest BCUT2D eigenvalue weighted by Gasteiger charge is -2.20. The van der Waals surface area contributed by atoms with Crippen LogP contribution in [0, 0.1) is 0 Å². The molecule has 4 N–H and O–H groups in total. The van der Waals surface area contributed by atoms with Crippen molar-refractivity contribution < 1.29 is 4.79 Å². The maximum atomic E-state index is 12.3. The lowest BCUT2D eigenvalue weighted by molar-refractivity contribution is 0.257. The van der Waals surface area contributed by atoms with Crippen LogP contribution in [0.1, 0.15) is 55.9 Å². The average molecular weight is 363 g/mol. The van der Waals surface area contributed by atoms with E-state index in [1.807, 2.05) is 0 Å². The SMILES string of the molecule is CC(C)(C)NCCNSNC(=O)Nc1c2c(cc3c1CCC3)CCC2. The van der Waals surface area contributed by atoms with Crippen LogP contribution in [0.2, 0.25) is 0 Å². The number of anilines is 1. The summed E-state index contributed by atoms with van der Waals surface area (Å²) >= 11 is 1.25. The van der Waals surface area contributed by atoms with Gasteiger partial charge < -0.3 is 10.6 Å². The second kappa shape index (κ2) is 7.98. The van der Waals surface area contributed by atoms with Gasteiger partial charge in [-0.15, -0.1) is 0 Å². The summed E-state index contributed by atoms with van der Waals surface area (Å²) in [6, 6.07) is 2.24. The molecule has 2 aliphatic rings. The topological polar surface area (TPSA) is 65.2 Å². The first kappa shape index (κ1) is 18.5. The number of carbonyl (C=O) groups excluding carboxylic acids is 1. The molecule has 1 aromatic carbocycles. The zero-order valence-electron chi connectivity index (χ0n) is 15.6. The molecule has 0 aromatic heterocycles. The van der Waals surface area contributed by atoms with Crippen molar-refractivity contribution in [2.75, 3.05) is 18.4 Å². The third kappa shape index (κ3) is 4.90. The monoisotopic (exact) mass is 362 g/mol. The predicted molar refractivity (Wildman–Crippen MR) is 106 cm³/mol. The molecule has 0 heterocycles. The molecule has 6 heteroatoms. The molecule has 138 valence electrons. The van der Waals surface area contributed by atoms with Crippen LogP contribution in [-0.2, 0) is 25.7 Å². The summed E-state index contributed by atoms with van der Waals surface area (Å²) in [6.07, 6.45) is 6.87. The maximum absolute atomic E-state index is 12.3. The maximum Gasteiger partial charge on any atom is 0.330 e. The third-order valence-corrected chi connectivity index (χ3v) is 5.45. The van der Waals surface area contributed by atoms with Gasteiger partial charge in [0.05, 0.1) is 0 Å². The van der Waals surface area contributed by atoms with Crippen LogP contribution in [0.5, 0.6) is 0 Å². The molecular formula is C19H30N4OS. The number of rotatable bonds is 6. The summed E-state index contributed by atoms with van der Waals surface area (Å²) in [5, 5.41) is 6.53. The van der Waals surface area contributed by atoms with Crippen molar-refractivity contribution in [2.24, 2.45) is 0 Å². The van der Waals surface area contributed by atoms with E-state index in [4.69, 9.17) is 0 Å². The van der Waals surface area contributed by atoms with Crippen LogP contribution in [0.4, 0.5) is 10.5 Å². The Bertz CT molecular complexity index is 607. The molecule has 5 nitrogen and oxygen atoms in total. The van der Waals surface area contributed by atoms with Crippen molar-refractivity contribution >= 4 is 23.9 Å². The molecule has 0 fully saturated rings. The molecule has 0 radical (unpaired) electrons. The van der Waals surface area contributed by atoms with Gasteiger partial charge in [0.1, 0.15) is 0 Å². The number of carbonyl (C=O) groups is 1. The van der Waals surface area contributed by atoms with Gasteiger partial charge in [-0.3, -0.25) is 4.72 Å². The number of hydrogen-bond acceptors (Lipinski definition) is 4.